The van der Waals surface area contributed by atoms with Gasteiger partial charge in [-0.1, -0.05) is 81.4 Å². The Balaban J connectivity index is 2.01. The van der Waals surface area contributed by atoms with Gasteiger partial charge in [0.15, 0.2) is 0 Å². The normalized spacial score (nSPS) is 18.1. The van der Waals surface area contributed by atoms with Crippen LogP contribution in [0.3, 0.4) is 0 Å². The molecule has 3 rings (SSSR count). The van der Waals surface area contributed by atoms with Crippen LogP contribution < -0.4 is 15.7 Å². The molecule has 0 unspecified atom stereocenters. The number of hydrogen-bond donors (Lipinski definition) is 1. The van der Waals surface area contributed by atoms with Crippen molar-refractivity contribution in [2.75, 3.05) is 13.2 Å². The van der Waals surface area contributed by atoms with E-state index in [0.29, 0.717) is 13.2 Å². The molecule has 5 heteroatoms. The number of amides is 1. The zero-order valence-electron chi connectivity index (χ0n) is 15.7. The number of carbonyl (C=O) groups is 1. The Kier molecular flexibility index (Phi) is 5.49. The maximum absolute atomic E-state index is 11.6. The van der Waals surface area contributed by atoms with Crippen LogP contribution in [0.2, 0.25) is 5.04 Å². The van der Waals surface area contributed by atoms with Crippen LogP contribution in [-0.4, -0.2) is 33.7 Å². The van der Waals surface area contributed by atoms with E-state index in [2.05, 4.69) is 74.6 Å². The minimum Gasteiger partial charge on any atom is -0.449 e. The van der Waals surface area contributed by atoms with Crippen molar-refractivity contribution < 1.29 is 14.0 Å². The molecule has 1 atom stereocenters. The smallest absolute Gasteiger partial charge is 0.407 e. The highest BCUT2D eigenvalue weighted by Crippen LogP contribution is 2.36. The number of hydrogen-bond acceptors (Lipinski definition) is 3. The summed E-state index contributed by atoms with van der Waals surface area (Å²) >= 11 is 0. The molecule has 2 aromatic carbocycles. The van der Waals surface area contributed by atoms with Gasteiger partial charge in [0.2, 0.25) is 0 Å². The Morgan fingerprint density at radius 2 is 1.58 bits per heavy atom. The summed E-state index contributed by atoms with van der Waals surface area (Å²) in [5.41, 5.74) is 0. The van der Waals surface area contributed by atoms with Crippen molar-refractivity contribution in [1.82, 2.24) is 5.32 Å². The molecular formula is C21H27NO3Si. The zero-order valence-corrected chi connectivity index (χ0v) is 16.7. The minimum absolute atomic E-state index is 0.0158. The Morgan fingerprint density at radius 1 is 1.04 bits per heavy atom. The lowest BCUT2D eigenvalue weighted by Crippen LogP contribution is -2.67. The lowest BCUT2D eigenvalue weighted by atomic mass is 10.2. The van der Waals surface area contributed by atoms with Gasteiger partial charge in [-0.25, -0.2) is 4.79 Å². The van der Waals surface area contributed by atoms with E-state index in [1.54, 1.807) is 0 Å². The van der Waals surface area contributed by atoms with Gasteiger partial charge in [-0.3, -0.25) is 0 Å². The highest BCUT2D eigenvalue weighted by atomic mass is 28.4. The van der Waals surface area contributed by atoms with Crippen molar-refractivity contribution in [2.24, 2.45) is 0 Å². The fourth-order valence-electron chi connectivity index (χ4n) is 3.69. The van der Waals surface area contributed by atoms with Gasteiger partial charge in [-0.15, -0.1) is 0 Å². The third kappa shape index (κ3) is 3.69. The van der Waals surface area contributed by atoms with E-state index in [-0.39, 0.29) is 17.2 Å². The van der Waals surface area contributed by atoms with E-state index in [9.17, 15) is 4.79 Å². The van der Waals surface area contributed by atoms with Gasteiger partial charge < -0.3 is 14.5 Å². The van der Waals surface area contributed by atoms with E-state index in [1.807, 2.05) is 12.1 Å². The SMILES string of the molecule is CC(C)(C)[Si](OC[C@@H]1CCOC(=O)N1)(c1ccccc1)c1ccccc1. The summed E-state index contributed by atoms with van der Waals surface area (Å²) in [6.45, 7) is 7.69. The first-order valence-corrected chi connectivity index (χ1v) is 11.0. The van der Waals surface area contributed by atoms with Crippen LogP contribution in [0, 0.1) is 0 Å². The van der Waals surface area contributed by atoms with E-state index < -0.39 is 8.32 Å². The van der Waals surface area contributed by atoms with Crippen molar-refractivity contribution in [3.05, 3.63) is 60.7 Å². The maximum atomic E-state index is 11.6. The van der Waals surface area contributed by atoms with Crippen LogP contribution in [0.4, 0.5) is 4.79 Å². The maximum Gasteiger partial charge on any atom is 0.407 e. The lowest BCUT2D eigenvalue weighted by Gasteiger charge is -2.44. The number of nitrogens with one attached hydrogen (secondary N) is 1. The highest BCUT2D eigenvalue weighted by Gasteiger charge is 2.50. The van der Waals surface area contributed by atoms with Crippen LogP contribution in [0.15, 0.2) is 60.7 Å². The first kappa shape index (κ1) is 18.7. The fraction of sp³-hybridized carbons (Fsp3) is 0.381. The number of alkyl carbamates (subject to hydrolysis) is 1. The van der Waals surface area contributed by atoms with E-state index >= 15 is 0 Å². The summed E-state index contributed by atoms with van der Waals surface area (Å²) < 4.78 is 11.8. The van der Waals surface area contributed by atoms with Gasteiger partial charge in [0, 0.05) is 6.42 Å². The quantitative estimate of drug-likeness (QED) is 0.824. The predicted octanol–water partition coefficient (Wildman–Crippen LogP) is 3.06. The molecule has 0 spiro atoms. The second-order valence-electron chi connectivity index (χ2n) is 7.74. The Hall–Kier alpha value is -2.11. The number of ether oxygens (including phenoxy) is 1. The van der Waals surface area contributed by atoms with Gasteiger partial charge in [-0.05, 0) is 15.4 Å². The highest BCUT2D eigenvalue weighted by molar-refractivity contribution is 6.99. The van der Waals surface area contributed by atoms with Gasteiger partial charge in [-0.2, -0.15) is 0 Å². The average molecular weight is 370 g/mol. The zero-order chi connectivity index (χ0) is 18.6. The molecule has 0 radical (unpaired) electrons. The summed E-state index contributed by atoms with van der Waals surface area (Å²) in [5, 5.41) is 5.31. The lowest BCUT2D eigenvalue weighted by molar-refractivity contribution is 0.102. The Labute approximate surface area is 156 Å². The molecular weight excluding hydrogens is 342 g/mol. The van der Waals surface area contributed by atoms with E-state index in [0.717, 1.165) is 6.42 Å². The molecule has 0 bridgehead atoms. The largest absolute Gasteiger partial charge is 0.449 e. The van der Waals surface area contributed by atoms with Crippen molar-refractivity contribution >= 4 is 24.8 Å². The van der Waals surface area contributed by atoms with Crippen LogP contribution in [0.1, 0.15) is 27.2 Å². The predicted molar refractivity (Wildman–Crippen MR) is 106 cm³/mol. The van der Waals surface area contributed by atoms with Crippen LogP contribution in [0.25, 0.3) is 0 Å². The number of carbonyl (C=O) groups excluding carboxylic acids is 1. The molecule has 0 aliphatic carbocycles. The van der Waals surface area contributed by atoms with E-state index in [1.165, 1.54) is 10.4 Å². The molecule has 1 N–H and O–H groups in total. The molecule has 0 saturated carbocycles. The molecule has 1 heterocycles. The second-order valence-corrected chi connectivity index (χ2v) is 12.0. The van der Waals surface area contributed by atoms with Gasteiger partial charge >= 0.3 is 6.09 Å². The van der Waals surface area contributed by atoms with Crippen molar-refractivity contribution in [3.8, 4) is 0 Å². The molecule has 0 aromatic heterocycles. The van der Waals surface area contributed by atoms with Crippen LogP contribution in [0.5, 0.6) is 0 Å². The van der Waals surface area contributed by atoms with Crippen molar-refractivity contribution in [1.29, 1.82) is 0 Å². The van der Waals surface area contributed by atoms with Crippen molar-refractivity contribution in [2.45, 2.75) is 38.3 Å². The monoisotopic (exact) mass is 369 g/mol. The Morgan fingerprint density at radius 3 is 2.04 bits per heavy atom. The molecule has 1 saturated heterocycles. The first-order chi connectivity index (χ1) is 12.4. The van der Waals surface area contributed by atoms with Gasteiger partial charge in [0.25, 0.3) is 8.32 Å². The summed E-state index contributed by atoms with van der Waals surface area (Å²) in [6, 6.07) is 21.1. The first-order valence-electron chi connectivity index (χ1n) is 9.12. The fourth-order valence-corrected chi connectivity index (χ4v) is 8.29. The topological polar surface area (TPSA) is 47.6 Å². The average Bonchev–Trinajstić information content (AvgIpc) is 2.63. The molecule has 26 heavy (non-hydrogen) atoms. The summed E-state index contributed by atoms with van der Waals surface area (Å²) in [6.07, 6.45) is 0.413. The molecule has 2 aromatic rings. The molecule has 4 nitrogen and oxygen atoms in total. The molecule has 1 fully saturated rings. The molecule has 1 aliphatic heterocycles. The van der Waals surface area contributed by atoms with Crippen molar-refractivity contribution in [3.63, 3.8) is 0 Å². The Bertz CT molecular complexity index is 688. The summed E-state index contributed by atoms with van der Waals surface area (Å²) in [4.78, 5) is 11.6. The standard InChI is InChI=1S/C21H27NO3Si/c1-21(2,3)26(18-10-6-4-7-11-18,19-12-8-5-9-13-19)25-16-17-14-15-24-20(23)22-17/h4-13,17H,14-16H2,1-3H3,(H,22,23)/t17-/m0/s1. The number of benzene rings is 2. The van der Waals surface area contributed by atoms with E-state index in [4.69, 9.17) is 9.16 Å². The third-order valence-corrected chi connectivity index (χ3v) is 9.94. The van der Waals surface area contributed by atoms with Gasteiger partial charge in [0.05, 0.1) is 19.3 Å². The van der Waals surface area contributed by atoms with Crippen LogP contribution in [-0.2, 0) is 9.16 Å². The van der Waals surface area contributed by atoms with Crippen LogP contribution >= 0.6 is 0 Å². The van der Waals surface area contributed by atoms with Gasteiger partial charge in [0.1, 0.15) is 0 Å². The minimum atomic E-state index is -2.55. The summed E-state index contributed by atoms with van der Waals surface area (Å²) in [7, 11) is -2.55. The number of rotatable bonds is 5. The number of cyclic esters (lactones) is 1. The molecule has 1 amide bonds. The third-order valence-electron chi connectivity index (χ3n) is 4.94. The molecule has 138 valence electrons. The molecule has 1 aliphatic rings. The summed E-state index contributed by atoms with van der Waals surface area (Å²) in [5.74, 6) is 0. The second kappa shape index (κ2) is 7.64.